The van der Waals surface area contributed by atoms with Crippen molar-refractivity contribution in [2.45, 2.75) is 38.0 Å². The first-order valence-electron chi connectivity index (χ1n) is 7.32. The second-order valence-corrected chi connectivity index (χ2v) is 5.81. The number of nitrogens with one attached hydrogen (secondary N) is 2. The Morgan fingerprint density at radius 3 is 3.05 bits per heavy atom. The number of rotatable bonds is 4. The highest BCUT2D eigenvalue weighted by atomic mass is 16.5. The van der Waals surface area contributed by atoms with Gasteiger partial charge < -0.3 is 15.0 Å². The van der Waals surface area contributed by atoms with Crippen LogP contribution < -0.4 is 5.32 Å². The van der Waals surface area contributed by atoms with Gasteiger partial charge in [-0.1, -0.05) is 18.2 Å². The van der Waals surface area contributed by atoms with Gasteiger partial charge in [0.1, 0.15) is 0 Å². The van der Waals surface area contributed by atoms with E-state index in [1.807, 2.05) is 6.20 Å². The Balaban J connectivity index is 1.48. The Kier molecular flexibility index (Phi) is 2.82. The summed E-state index contributed by atoms with van der Waals surface area (Å²) in [6, 6.07) is 9.16. The standard InChI is InChI=1S/C16H20N2O/c1-2-11-6-8-17-15(11)13(3-1)10-18-14-7-9-19-16(14)12-4-5-12/h1-3,6,8,12,14,16-18H,4-5,7,9-10H2. The molecule has 1 saturated heterocycles. The van der Waals surface area contributed by atoms with Crippen molar-refractivity contribution in [3.63, 3.8) is 0 Å². The van der Waals surface area contributed by atoms with Gasteiger partial charge in [-0.3, -0.25) is 0 Å². The van der Waals surface area contributed by atoms with Gasteiger partial charge in [0.2, 0.25) is 0 Å². The first-order valence-corrected chi connectivity index (χ1v) is 7.32. The van der Waals surface area contributed by atoms with Crippen molar-refractivity contribution in [1.29, 1.82) is 0 Å². The highest BCUT2D eigenvalue weighted by Gasteiger charge is 2.40. The molecule has 2 aromatic rings. The number of H-pyrrole nitrogens is 1. The van der Waals surface area contributed by atoms with Crippen molar-refractivity contribution in [2.75, 3.05) is 6.61 Å². The summed E-state index contributed by atoms with van der Waals surface area (Å²) in [4.78, 5) is 3.34. The maximum absolute atomic E-state index is 5.88. The van der Waals surface area contributed by atoms with Crippen LogP contribution in [0.5, 0.6) is 0 Å². The molecule has 0 bridgehead atoms. The average molecular weight is 256 g/mol. The van der Waals surface area contributed by atoms with Gasteiger partial charge in [0.05, 0.1) is 6.10 Å². The summed E-state index contributed by atoms with van der Waals surface area (Å²) in [6.45, 7) is 1.85. The molecule has 1 saturated carbocycles. The van der Waals surface area contributed by atoms with E-state index >= 15 is 0 Å². The van der Waals surface area contributed by atoms with Crippen molar-refractivity contribution >= 4 is 10.9 Å². The molecule has 1 aromatic heterocycles. The Labute approximate surface area is 113 Å². The Morgan fingerprint density at radius 1 is 1.21 bits per heavy atom. The number of aromatic amines is 1. The van der Waals surface area contributed by atoms with Gasteiger partial charge in [-0.05, 0) is 42.2 Å². The molecule has 1 aliphatic carbocycles. The van der Waals surface area contributed by atoms with E-state index in [9.17, 15) is 0 Å². The molecule has 2 N–H and O–H groups in total. The molecule has 0 spiro atoms. The van der Waals surface area contributed by atoms with Gasteiger partial charge in [-0.25, -0.2) is 0 Å². The summed E-state index contributed by atoms with van der Waals surface area (Å²) >= 11 is 0. The van der Waals surface area contributed by atoms with E-state index in [2.05, 4.69) is 34.6 Å². The van der Waals surface area contributed by atoms with Gasteiger partial charge in [-0.2, -0.15) is 0 Å². The van der Waals surface area contributed by atoms with E-state index in [1.165, 1.54) is 29.3 Å². The molecule has 2 atom stereocenters. The summed E-state index contributed by atoms with van der Waals surface area (Å²) in [6.07, 6.45) is 6.34. The van der Waals surface area contributed by atoms with Crippen LogP contribution in [0.15, 0.2) is 30.5 Å². The van der Waals surface area contributed by atoms with E-state index in [0.717, 1.165) is 25.5 Å². The number of benzene rings is 1. The summed E-state index contributed by atoms with van der Waals surface area (Å²) in [5.74, 6) is 0.821. The predicted octanol–water partition coefficient (Wildman–Crippen LogP) is 2.83. The number of fused-ring (bicyclic) bond motifs is 1. The van der Waals surface area contributed by atoms with E-state index in [4.69, 9.17) is 4.74 Å². The zero-order chi connectivity index (χ0) is 12.7. The number of ether oxygens (including phenoxy) is 1. The van der Waals surface area contributed by atoms with Crippen molar-refractivity contribution in [2.24, 2.45) is 5.92 Å². The minimum absolute atomic E-state index is 0.461. The Morgan fingerprint density at radius 2 is 2.16 bits per heavy atom. The summed E-state index contributed by atoms with van der Waals surface area (Å²) in [7, 11) is 0. The first-order chi connectivity index (χ1) is 9.42. The van der Waals surface area contributed by atoms with Crippen molar-refractivity contribution in [3.05, 3.63) is 36.0 Å². The molecule has 4 rings (SSSR count). The molecule has 3 nitrogen and oxygen atoms in total. The van der Waals surface area contributed by atoms with E-state index in [-0.39, 0.29) is 0 Å². The summed E-state index contributed by atoms with van der Waals surface area (Å²) < 4.78 is 5.88. The normalized spacial score (nSPS) is 27.2. The average Bonchev–Trinajstić information content (AvgIpc) is 2.99. The molecule has 0 amide bonds. The molecule has 2 unspecified atom stereocenters. The molecule has 3 heteroatoms. The minimum Gasteiger partial charge on any atom is -0.376 e. The lowest BCUT2D eigenvalue weighted by Gasteiger charge is -2.19. The van der Waals surface area contributed by atoms with Crippen LogP contribution in [0, 0.1) is 5.92 Å². The van der Waals surface area contributed by atoms with Gasteiger partial charge in [0.25, 0.3) is 0 Å². The van der Waals surface area contributed by atoms with E-state index in [1.54, 1.807) is 0 Å². The van der Waals surface area contributed by atoms with Crippen LogP contribution in [0.3, 0.4) is 0 Å². The van der Waals surface area contributed by atoms with Crippen molar-refractivity contribution in [1.82, 2.24) is 10.3 Å². The van der Waals surface area contributed by atoms with Gasteiger partial charge in [0.15, 0.2) is 0 Å². The molecule has 1 aliphatic heterocycles. The predicted molar refractivity (Wildman–Crippen MR) is 76.0 cm³/mol. The summed E-state index contributed by atoms with van der Waals surface area (Å²) in [5, 5.41) is 5.00. The first kappa shape index (κ1) is 11.5. The monoisotopic (exact) mass is 256 g/mol. The van der Waals surface area contributed by atoms with E-state index in [0.29, 0.717) is 12.1 Å². The molecule has 2 heterocycles. The molecule has 0 radical (unpaired) electrons. The quantitative estimate of drug-likeness (QED) is 0.882. The SMILES string of the molecule is c1cc(CNC2CCOC2C2CC2)c2[nH]ccc2c1. The van der Waals surface area contributed by atoms with Crippen molar-refractivity contribution < 1.29 is 4.74 Å². The van der Waals surface area contributed by atoms with Crippen molar-refractivity contribution in [3.8, 4) is 0 Å². The second kappa shape index (κ2) is 4.66. The molecule has 2 fully saturated rings. The fourth-order valence-electron chi connectivity index (χ4n) is 3.26. The third-order valence-corrected chi connectivity index (χ3v) is 4.45. The lowest BCUT2D eigenvalue weighted by atomic mass is 10.1. The Hall–Kier alpha value is -1.32. The highest BCUT2D eigenvalue weighted by Crippen LogP contribution is 2.38. The van der Waals surface area contributed by atoms with Crippen LogP contribution in [0.4, 0.5) is 0 Å². The van der Waals surface area contributed by atoms with Gasteiger partial charge >= 0.3 is 0 Å². The topological polar surface area (TPSA) is 37.0 Å². The van der Waals surface area contributed by atoms with Crippen LogP contribution in [0.25, 0.3) is 10.9 Å². The van der Waals surface area contributed by atoms with Crippen LogP contribution in [-0.2, 0) is 11.3 Å². The fraction of sp³-hybridized carbons (Fsp3) is 0.500. The largest absolute Gasteiger partial charge is 0.376 e. The maximum Gasteiger partial charge on any atom is 0.0757 e. The number of hydrogen-bond acceptors (Lipinski definition) is 2. The molecule has 19 heavy (non-hydrogen) atoms. The Bertz CT molecular complexity index is 573. The third kappa shape index (κ3) is 2.17. The molecule has 2 aliphatic rings. The van der Waals surface area contributed by atoms with Gasteiger partial charge in [-0.15, -0.1) is 0 Å². The highest BCUT2D eigenvalue weighted by molar-refractivity contribution is 5.82. The van der Waals surface area contributed by atoms with Gasteiger partial charge in [0, 0.05) is 30.9 Å². The van der Waals surface area contributed by atoms with E-state index < -0.39 is 0 Å². The number of aromatic nitrogens is 1. The molecule has 100 valence electrons. The molecular weight excluding hydrogens is 236 g/mol. The smallest absolute Gasteiger partial charge is 0.0757 e. The second-order valence-electron chi connectivity index (χ2n) is 5.81. The lowest BCUT2D eigenvalue weighted by Crippen LogP contribution is -2.37. The fourth-order valence-corrected chi connectivity index (χ4v) is 3.26. The zero-order valence-corrected chi connectivity index (χ0v) is 11.1. The molecule has 1 aromatic carbocycles. The minimum atomic E-state index is 0.461. The molecular formula is C16H20N2O. The van der Waals surface area contributed by atoms with Crippen LogP contribution >= 0.6 is 0 Å². The van der Waals surface area contributed by atoms with Crippen LogP contribution in [-0.4, -0.2) is 23.7 Å². The lowest BCUT2D eigenvalue weighted by molar-refractivity contribution is 0.0809. The van der Waals surface area contributed by atoms with Crippen LogP contribution in [0.2, 0.25) is 0 Å². The van der Waals surface area contributed by atoms with Crippen LogP contribution in [0.1, 0.15) is 24.8 Å². The number of hydrogen-bond donors (Lipinski definition) is 2. The third-order valence-electron chi connectivity index (χ3n) is 4.45. The summed E-state index contributed by atoms with van der Waals surface area (Å²) in [5.41, 5.74) is 2.61. The zero-order valence-electron chi connectivity index (χ0n) is 11.1. The number of para-hydroxylation sites is 1. The maximum atomic E-state index is 5.88.